The van der Waals surface area contributed by atoms with E-state index in [1.807, 2.05) is 0 Å². The fourth-order valence-electron chi connectivity index (χ4n) is 3.05. The summed E-state index contributed by atoms with van der Waals surface area (Å²) in [4.78, 5) is 10.4. The van der Waals surface area contributed by atoms with Gasteiger partial charge in [-0.2, -0.15) is 0 Å². The Hall–Kier alpha value is -0.790. The van der Waals surface area contributed by atoms with E-state index in [0.717, 1.165) is 12.8 Å². The van der Waals surface area contributed by atoms with E-state index >= 15 is 0 Å². The molecule has 0 aliphatic heterocycles. The topological polar surface area (TPSA) is 37.3 Å². The lowest BCUT2D eigenvalue weighted by atomic mass is 10.1. The molecule has 0 aromatic heterocycles. The highest BCUT2D eigenvalue weighted by Gasteiger charge is 1.96. The van der Waals surface area contributed by atoms with Crippen LogP contribution in [0.15, 0.2) is 12.2 Å². The second-order valence-electron chi connectivity index (χ2n) is 7.14. The Bertz CT molecular complexity index is 284. The van der Waals surface area contributed by atoms with Crippen molar-refractivity contribution >= 4 is 5.97 Å². The van der Waals surface area contributed by atoms with Crippen LogP contribution in [-0.2, 0) is 4.79 Å². The average Bonchev–Trinajstić information content (AvgIpc) is 2.56. The first kappa shape index (κ1) is 23.2. The van der Waals surface area contributed by atoms with Crippen LogP contribution in [0.1, 0.15) is 122 Å². The molecule has 0 aliphatic carbocycles. The molecular weight excluding hydrogens is 296 g/mol. The number of rotatable bonds is 19. The lowest BCUT2D eigenvalue weighted by Gasteiger charge is -2.01. The quantitative estimate of drug-likeness (QED) is 0.194. The summed E-state index contributed by atoms with van der Waals surface area (Å²) in [6.45, 7) is 2.28. The van der Waals surface area contributed by atoms with Crippen molar-refractivity contribution in [1.29, 1.82) is 0 Å². The first-order chi connectivity index (χ1) is 11.8. The van der Waals surface area contributed by atoms with E-state index in [2.05, 4.69) is 19.1 Å². The van der Waals surface area contributed by atoms with Crippen molar-refractivity contribution in [2.75, 3.05) is 0 Å². The molecule has 2 nitrogen and oxygen atoms in total. The molecule has 0 atom stereocenters. The Morgan fingerprint density at radius 2 is 1.00 bits per heavy atom. The fraction of sp³-hybridized carbons (Fsp3) is 0.864. The van der Waals surface area contributed by atoms with Crippen LogP contribution < -0.4 is 0 Å². The number of unbranched alkanes of at least 4 members (excludes halogenated alkanes) is 15. The molecule has 2 heteroatoms. The largest absolute Gasteiger partial charge is 0.481 e. The van der Waals surface area contributed by atoms with Crippen molar-refractivity contribution < 1.29 is 9.90 Å². The molecule has 0 aromatic carbocycles. The van der Waals surface area contributed by atoms with Gasteiger partial charge in [0.05, 0.1) is 0 Å². The van der Waals surface area contributed by atoms with E-state index in [-0.39, 0.29) is 0 Å². The number of allylic oxidation sites excluding steroid dienone is 2. The second-order valence-corrected chi connectivity index (χ2v) is 7.14. The molecule has 0 saturated heterocycles. The summed E-state index contributed by atoms with van der Waals surface area (Å²) in [6, 6.07) is 0. The van der Waals surface area contributed by atoms with E-state index < -0.39 is 5.97 Å². The standard InChI is InChI=1S/C22H42O2/c1-2-3-4-5-6-7-8-9-10-11-12-13-14-15-16-17-18-19-20-21-22(23)24/h13-14H,2-12,15-21H2,1H3,(H,23,24)/b14-13-. The van der Waals surface area contributed by atoms with Crippen molar-refractivity contribution in [3.63, 3.8) is 0 Å². The van der Waals surface area contributed by atoms with E-state index in [0.29, 0.717) is 6.42 Å². The number of carbonyl (C=O) groups is 1. The molecule has 0 fully saturated rings. The van der Waals surface area contributed by atoms with Gasteiger partial charge in [-0.05, 0) is 32.1 Å². The summed E-state index contributed by atoms with van der Waals surface area (Å²) < 4.78 is 0. The van der Waals surface area contributed by atoms with E-state index in [1.165, 1.54) is 96.3 Å². The van der Waals surface area contributed by atoms with Gasteiger partial charge in [0, 0.05) is 6.42 Å². The summed E-state index contributed by atoms with van der Waals surface area (Å²) in [5.41, 5.74) is 0. The minimum absolute atomic E-state index is 0.332. The highest BCUT2D eigenvalue weighted by Crippen LogP contribution is 2.12. The third kappa shape index (κ3) is 21.2. The molecule has 0 aliphatic rings. The van der Waals surface area contributed by atoms with Crippen LogP contribution in [0, 0.1) is 0 Å². The number of aliphatic carboxylic acids is 1. The molecule has 0 heterocycles. The molecule has 0 rings (SSSR count). The molecular formula is C22H42O2. The molecule has 0 radical (unpaired) electrons. The monoisotopic (exact) mass is 338 g/mol. The van der Waals surface area contributed by atoms with Gasteiger partial charge in [-0.15, -0.1) is 0 Å². The van der Waals surface area contributed by atoms with Gasteiger partial charge in [0.25, 0.3) is 0 Å². The molecule has 0 aromatic rings. The predicted octanol–water partition coefficient (Wildman–Crippen LogP) is 7.67. The first-order valence-electron chi connectivity index (χ1n) is 10.6. The van der Waals surface area contributed by atoms with Crippen LogP contribution in [0.4, 0.5) is 0 Å². The van der Waals surface area contributed by atoms with Gasteiger partial charge < -0.3 is 5.11 Å². The normalized spacial score (nSPS) is 11.4. The zero-order chi connectivity index (χ0) is 17.7. The molecule has 0 amide bonds. The molecule has 0 saturated carbocycles. The summed E-state index contributed by atoms with van der Waals surface area (Å²) in [5, 5.41) is 8.55. The first-order valence-corrected chi connectivity index (χ1v) is 10.6. The Labute approximate surface area is 151 Å². The van der Waals surface area contributed by atoms with Gasteiger partial charge in [-0.3, -0.25) is 4.79 Å². The summed E-state index contributed by atoms with van der Waals surface area (Å²) in [6.07, 6.45) is 27.1. The molecule has 0 bridgehead atoms. The Morgan fingerprint density at radius 1 is 0.625 bits per heavy atom. The Kier molecular flexibility index (Phi) is 19.6. The number of carboxylic acid groups (broad SMARTS) is 1. The van der Waals surface area contributed by atoms with Crippen molar-refractivity contribution in [2.24, 2.45) is 0 Å². The molecule has 0 unspecified atom stereocenters. The van der Waals surface area contributed by atoms with Crippen LogP contribution in [0.2, 0.25) is 0 Å². The van der Waals surface area contributed by atoms with E-state index in [4.69, 9.17) is 5.11 Å². The minimum atomic E-state index is -0.662. The minimum Gasteiger partial charge on any atom is -0.481 e. The van der Waals surface area contributed by atoms with E-state index in [1.54, 1.807) is 0 Å². The van der Waals surface area contributed by atoms with Gasteiger partial charge in [0.1, 0.15) is 0 Å². The van der Waals surface area contributed by atoms with Crippen molar-refractivity contribution in [2.45, 2.75) is 122 Å². The zero-order valence-corrected chi connectivity index (χ0v) is 16.2. The van der Waals surface area contributed by atoms with Crippen LogP contribution in [-0.4, -0.2) is 11.1 Å². The maximum absolute atomic E-state index is 10.4. The summed E-state index contributed by atoms with van der Waals surface area (Å²) >= 11 is 0. The summed E-state index contributed by atoms with van der Waals surface area (Å²) in [5.74, 6) is -0.662. The van der Waals surface area contributed by atoms with Crippen LogP contribution >= 0.6 is 0 Å². The van der Waals surface area contributed by atoms with Crippen LogP contribution in [0.3, 0.4) is 0 Å². The van der Waals surface area contributed by atoms with Crippen LogP contribution in [0.5, 0.6) is 0 Å². The number of carboxylic acids is 1. The van der Waals surface area contributed by atoms with Crippen molar-refractivity contribution in [1.82, 2.24) is 0 Å². The summed E-state index contributed by atoms with van der Waals surface area (Å²) in [7, 11) is 0. The fourth-order valence-corrected chi connectivity index (χ4v) is 3.05. The maximum Gasteiger partial charge on any atom is 0.303 e. The van der Waals surface area contributed by atoms with Crippen LogP contribution in [0.25, 0.3) is 0 Å². The van der Waals surface area contributed by atoms with Gasteiger partial charge in [0.15, 0.2) is 0 Å². The Balaban J connectivity index is 3.07. The van der Waals surface area contributed by atoms with Gasteiger partial charge in [-0.25, -0.2) is 0 Å². The highest BCUT2D eigenvalue weighted by molar-refractivity contribution is 5.66. The lowest BCUT2D eigenvalue weighted by Crippen LogP contribution is -1.93. The third-order valence-corrected chi connectivity index (χ3v) is 4.65. The second kappa shape index (κ2) is 20.3. The van der Waals surface area contributed by atoms with E-state index in [9.17, 15) is 4.79 Å². The SMILES string of the molecule is CCCCCCCCCCCC/C=C\CCCCCCCC(=O)O. The highest BCUT2D eigenvalue weighted by atomic mass is 16.4. The van der Waals surface area contributed by atoms with Crippen molar-refractivity contribution in [3.8, 4) is 0 Å². The molecule has 0 spiro atoms. The average molecular weight is 339 g/mol. The smallest absolute Gasteiger partial charge is 0.303 e. The van der Waals surface area contributed by atoms with Gasteiger partial charge in [-0.1, -0.05) is 96.1 Å². The Morgan fingerprint density at radius 3 is 1.42 bits per heavy atom. The van der Waals surface area contributed by atoms with Gasteiger partial charge >= 0.3 is 5.97 Å². The third-order valence-electron chi connectivity index (χ3n) is 4.65. The van der Waals surface area contributed by atoms with Crippen molar-refractivity contribution in [3.05, 3.63) is 12.2 Å². The maximum atomic E-state index is 10.4. The molecule has 24 heavy (non-hydrogen) atoms. The predicted molar refractivity (Wildman–Crippen MR) is 106 cm³/mol. The zero-order valence-electron chi connectivity index (χ0n) is 16.2. The number of hydrogen-bond acceptors (Lipinski definition) is 1. The molecule has 142 valence electrons. The molecule has 1 N–H and O–H groups in total. The lowest BCUT2D eigenvalue weighted by molar-refractivity contribution is -0.137. The number of hydrogen-bond donors (Lipinski definition) is 1. The van der Waals surface area contributed by atoms with Gasteiger partial charge in [0.2, 0.25) is 0 Å².